The summed E-state index contributed by atoms with van der Waals surface area (Å²) in [4.78, 5) is 2.58. The first-order valence-electron chi connectivity index (χ1n) is 6.56. The number of rotatable bonds is 6. The van der Waals surface area contributed by atoms with Gasteiger partial charge in [0.15, 0.2) is 0 Å². The van der Waals surface area contributed by atoms with E-state index in [-0.39, 0.29) is 0 Å². The van der Waals surface area contributed by atoms with Crippen LogP contribution >= 0.6 is 0 Å². The highest BCUT2D eigenvalue weighted by molar-refractivity contribution is 4.80. The Balaban J connectivity index is 2.27. The zero-order valence-corrected chi connectivity index (χ0v) is 11.3. The summed E-state index contributed by atoms with van der Waals surface area (Å²) in [5.74, 6) is 1.43. The Morgan fingerprint density at radius 1 is 1.38 bits per heavy atom. The van der Waals surface area contributed by atoms with Gasteiger partial charge in [0, 0.05) is 45.9 Å². The molecule has 96 valence electrons. The molecule has 0 saturated carbocycles. The zero-order valence-electron chi connectivity index (χ0n) is 11.3. The van der Waals surface area contributed by atoms with Crippen LogP contribution in [0.1, 0.15) is 27.2 Å². The molecular weight excluding hydrogens is 200 g/mol. The minimum absolute atomic E-state index is 0.641. The van der Waals surface area contributed by atoms with Crippen LogP contribution in [0.25, 0.3) is 0 Å². The van der Waals surface area contributed by atoms with Crippen molar-refractivity contribution in [3.63, 3.8) is 0 Å². The number of hydrogen-bond acceptors (Lipinski definition) is 3. The normalized spacial score (nSPS) is 24.9. The van der Waals surface area contributed by atoms with E-state index in [0.717, 1.165) is 19.1 Å². The van der Waals surface area contributed by atoms with Crippen LogP contribution in [0.3, 0.4) is 0 Å². The molecule has 2 atom stereocenters. The van der Waals surface area contributed by atoms with Crippen molar-refractivity contribution in [2.45, 2.75) is 33.2 Å². The monoisotopic (exact) mass is 228 g/mol. The Bertz CT molecular complexity index is 185. The topological polar surface area (TPSA) is 24.5 Å². The molecule has 1 rings (SSSR count). The van der Waals surface area contributed by atoms with Gasteiger partial charge in [0.05, 0.1) is 0 Å². The van der Waals surface area contributed by atoms with Crippen molar-refractivity contribution < 1.29 is 4.74 Å². The summed E-state index contributed by atoms with van der Waals surface area (Å²) in [7, 11) is 1.79. The van der Waals surface area contributed by atoms with Gasteiger partial charge in [-0.2, -0.15) is 0 Å². The van der Waals surface area contributed by atoms with Crippen LogP contribution < -0.4 is 5.32 Å². The van der Waals surface area contributed by atoms with E-state index in [0.29, 0.717) is 12.0 Å². The fourth-order valence-corrected chi connectivity index (χ4v) is 2.57. The van der Waals surface area contributed by atoms with Crippen molar-refractivity contribution in [3.8, 4) is 0 Å². The van der Waals surface area contributed by atoms with E-state index in [2.05, 4.69) is 31.0 Å². The molecule has 1 N–H and O–H groups in total. The largest absolute Gasteiger partial charge is 0.384 e. The molecule has 1 saturated heterocycles. The molecule has 0 aromatic heterocycles. The van der Waals surface area contributed by atoms with Crippen LogP contribution in [0.15, 0.2) is 0 Å². The maximum atomic E-state index is 5.19. The molecule has 16 heavy (non-hydrogen) atoms. The van der Waals surface area contributed by atoms with Crippen LogP contribution in [0.5, 0.6) is 0 Å². The van der Waals surface area contributed by atoms with Gasteiger partial charge in [-0.15, -0.1) is 0 Å². The Hall–Kier alpha value is -0.120. The van der Waals surface area contributed by atoms with Gasteiger partial charge in [0.1, 0.15) is 0 Å². The molecule has 0 amide bonds. The molecule has 3 nitrogen and oxygen atoms in total. The highest BCUT2D eigenvalue weighted by Gasteiger charge is 2.20. The molecule has 0 aromatic carbocycles. The molecule has 0 radical (unpaired) electrons. The lowest BCUT2D eigenvalue weighted by Crippen LogP contribution is -2.52. The summed E-state index contributed by atoms with van der Waals surface area (Å²) < 4.78 is 5.19. The molecule has 2 unspecified atom stereocenters. The lowest BCUT2D eigenvalue weighted by Gasteiger charge is -2.35. The van der Waals surface area contributed by atoms with Crippen molar-refractivity contribution in [2.24, 2.45) is 11.8 Å². The average Bonchev–Trinajstić information content (AvgIpc) is 2.17. The minimum atomic E-state index is 0.641. The summed E-state index contributed by atoms with van der Waals surface area (Å²) in [5, 5.41) is 3.61. The molecule has 1 heterocycles. The standard InChI is InChI=1S/C13H28N2O/c1-11(2)7-13-9-15(6-5-14-13)8-12(3)10-16-4/h11-14H,5-10H2,1-4H3. The van der Waals surface area contributed by atoms with E-state index >= 15 is 0 Å². The molecule has 0 spiro atoms. The summed E-state index contributed by atoms with van der Waals surface area (Å²) in [6, 6.07) is 0.684. The Morgan fingerprint density at radius 2 is 2.12 bits per heavy atom. The molecule has 0 aliphatic carbocycles. The van der Waals surface area contributed by atoms with E-state index < -0.39 is 0 Å². The first kappa shape index (κ1) is 13.9. The second kappa shape index (κ2) is 7.25. The number of ether oxygens (including phenoxy) is 1. The lowest BCUT2D eigenvalue weighted by atomic mass is 10.0. The van der Waals surface area contributed by atoms with Crippen molar-refractivity contribution >= 4 is 0 Å². The first-order valence-corrected chi connectivity index (χ1v) is 6.56. The second-order valence-corrected chi connectivity index (χ2v) is 5.60. The fraction of sp³-hybridized carbons (Fsp3) is 1.00. The highest BCUT2D eigenvalue weighted by Crippen LogP contribution is 2.11. The van der Waals surface area contributed by atoms with Crippen LogP contribution in [-0.2, 0) is 4.74 Å². The Kier molecular flexibility index (Phi) is 6.32. The minimum Gasteiger partial charge on any atom is -0.384 e. The number of methoxy groups -OCH3 is 1. The highest BCUT2D eigenvalue weighted by atomic mass is 16.5. The number of hydrogen-bond donors (Lipinski definition) is 1. The smallest absolute Gasteiger partial charge is 0.0500 e. The molecule has 1 fully saturated rings. The van der Waals surface area contributed by atoms with Crippen LogP contribution in [0.2, 0.25) is 0 Å². The van der Waals surface area contributed by atoms with Gasteiger partial charge in [-0.25, -0.2) is 0 Å². The van der Waals surface area contributed by atoms with Crippen molar-refractivity contribution in [2.75, 3.05) is 39.9 Å². The third-order valence-corrected chi connectivity index (χ3v) is 3.12. The summed E-state index contributed by atoms with van der Waals surface area (Å²) in [6.45, 7) is 12.4. The third-order valence-electron chi connectivity index (χ3n) is 3.12. The van der Waals surface area contributed by atoms with E-state index in [4.69, 9.17) is 4.74 Å². The molecule has 0 bridgehead atoms. The number of nitrogens with one attached hydrogen (secondary N) is 1. The molecule has 1 aliphatic rings. The molecule has 3 heteroatoms. The van der Waals surface area contributed by atoms with Crippen molar-refractivity contribution in [3.05, 3.63) is 0 Å². The number of piperazine rings is 1. The van der Waals surface area contributed by atoms with Gasteiger partial charge in [-0.1, -0.05) is 20.8 Å². The maximum Gasteiger partial charge on any atom is 0.0500 e. The van der Waals surface area contributed by atoms with E-state index in [1.165, 1.54) is 26.1 Å². The summed E-state index contributed by atoms with van der Waals surface area (Å²) in [5.41, 5.74) is 0. The number of nitrogens with zero attached hydrogens (tertiary/aromatic N) is 1. The van der Waals surface area contributed by atoms with Crippen LogP contribution in [0.4, 0.5) is 0 Å². The Morgan fingerprint density at radius 3 is 2.75 bits per heavy atom. The predicted octanol–water partition coefficient (Wildman–Crippen LogP) is 1.59. The van der Waals surface area contributed by atoms with Gasteiger partial charge in [0.2, 0.25) is 0 Å². The third kappa shape index (κ3) is 5.28. The second-order valence-electron chi connectivity index (χ2n) is 5.60. The SMILES string of the molecule is COCC(C)CN1CCNC(CC(C)C)C1. The Labute approximate surface area is 101 Å². The quantitative estimate of drug-likeness (QED) is 0.747. The predicted molar refractivity (Wildman–Crippen MR) is 68.7 cm³/mol. The lowest BCUT2D eigenvalue weighted by molar-refractivity contribution is 0.111. The average molecular weight is 228 g/mol. The zero-order chi connectivity index (χ0) is 12.0. The molecule has 1 aliphatic heterocycles. The van der Waals surface area contributed by atoms with Gasteiger partial charge in [-0.3, -0.25) is 0 Å². The van der Waals surface area contributed by atoms with Gasteiger partial charge >= 0.3 is 0 Å². The maximum absolute atomic E-state index is 5.19. The first-order chi connectivity index (χ1) is 7.61. The van der Waals surface area contributed by atoms with Crippen molar-refractivity contribution in [1.29, 1.82) is 0 Å². The van der Waals surface area contributed by atoms with E-state index in [1.54, 1.807) is 7.11 Å². The summed E-state index contributed by atoms with van der Waals surface area (Å²) in [6.07, 6.45) is 1.29. The summed E-state index contributed by atoms with van der Waals surface area (Å²) >= 11 is 0. The van der Waals surface area contributed by atoms with Gasteiger partial charge in [-0.05, 0) is 18.3 Å². The van der Waals surface area contributed by atoms with Gasteiger partial charge in [0.25, 0.3) is 0 Å². The van der Waals surface area contributed by atoms with Crippen molar-refractivity contribution in [1.82, 2.24) is 10.2 Å². The van der Waals surface area contributed by atoms with Crippen LogP contribution in [-0.4, -0.2) is 50.8 Å². The molecular formula is C13H28N2O. The van der Waals surface area contributed by atoms with Gasteiger partial charge < -0.3 is 15.0 Å². The fourth-order valence-electron chi connectivity index (χ4n) is 2.57. The van der Waals surface area contributed by atoms with Crippen LogP contribution in [0, 0.1) is 11.8 Å². The van der Waals surface area contributed by atoms with E-state index in [9.17, 15) is 0 Å². The molecule has 0 aromatic rings. The van der Waals surface area contributed by atoms with E-state index in [1.807, 2.05) is 0 Å².